The summed E-state index contributed by atoms with van der Waals surface area (Å²) in [5.74, 6) is 1.28. The Morgan fingerprint density at radius 1 is 1.03 bits per heavy atom. The number of hydrogen-bond acceptors (Lipinski definition) is 3. The van der Waals surface area contributed by atoms with E-state index in [1.165, 1.54) is 17.0 Å². The van der Waals surface area contributed by atoms with Crippen LogP contribution >= 0.6 is 0 Å². The first-order valence-corrected chi connectivity index (χ1v) is 12.5. The highest BCUT2D eigenvalue weighted by atomic mass is 19.3. The highest BCUT2D eigenvalue weighted by Crippen LogP contribution is 2.39. The summed E-state index contributed by atoms with van der Waals surface area (Å²) in [5.41, 5.74) is 4.86. The van der Waals surface area contributed by atoms with Gasteiger partial charge in [-0.3, -0.25) is 4.90 Å². The number of nitrogens with zero attached hydrogens (tertiary/aromatic N) is 3. The molecule has 1 aliphatic carbocycles. The minimum Gasteiger partial charge on any atom is -0.435 e. The molecule has 3 aromatic rings. The van der Waals surface area contributed by atoms with Crippen molar-refractivity contribution in [2.45, 2.75) is 78.1 Å². The molecule has 0 N–H and O–H groups in total. The number of unbranched alkanes of at least 4 members (excludes halogenated alkanes) is 2. The van der Waals surface area contributed by atoms with E-state index in [1.54, 1.807) is 12.1 Å². The largest absolute Gasteiger partial charge is 0.435 e. The monoisotopic (exact) mass is 467 g/mol. The Kier molecular flexibility index (Phi) is 8.33. The summed E-state index contributed by atoms with van der Waals surface area (Å²) in [6, 6.07) is 17.9. The molecule has 0 saturated heterocycles. The lowest BCUT2D eigenvalue weighted by atomic mass is 10.1. The predicted octanol–water partition coefficient (Wildman–Crippen LogP) is 7.24. The zero-order valence-electron chi connectivity index (χ0n) is 20.2. The Balaban J connectivity index is 1.63. The molecule has 2 aromatic carbocycles. The fourth-order valence-corrected chi connectivity index (χ4v) is 4.90. The highest BCUT2D eigenvalue weighted by molar-refractivity contribution is 5.57. The van der Waals surface area contributed by atoms with Gasteiger partial charge in [0, 0.05) is 18.7 Å². The van der Waals surface area contributed by atoms with Gasteiger partial charge in [-0.25, -0.2) is 4.98 Å². The van der Waals surface area contributed by atoms with E-state index in [2.05, 4.69) is 52.3 Å². The molecular weight excluding hydrogens is 432 g/mol. The number of fused-ring (bicyclic) bond motifs is 1. The third-order valence-corrected chi connectivity index (χ3v) is 6.59. The number of aromatic nitrogens is 2. The van der Waals surface area contributed by atoms with Crippen molar-refractivity contribution in [3.05, 3.63) is 71.5 Å². The Morgan fingerprint density at radius 2 is 1.76 bits per heavy atom. The average molecular weight is 468 g/mol. The molecule has 182 valence electrons. The van der Waals surface area contributed by atoms with Crippen molar-refractivity contribution in [1.29, 1.82) is 0 Å². The first-order valence-electron chi connectivity index (χ1n) is 12.5. The van der Waals surface area contributed by atoms with Crippen LogP contribution in [0.5, 0.6) is 5.75 Å². The van der Waals surface area contributed by atoms with Gasteiger partial charge in [-0.2, -0.15) is 8.78 Å². The van der Waals surface area contributed by atoms with Gasteiger partial charge in [0.2, 0.25) is 0 Å². The normalized spacial score (nSPS) is 15.3. The van der Waals surface area contributed by atoms with Crippen molar-refractivity contribution in [1.82, 2.24) is 14.5 Å². The lowest BCUT2D eigenvalue weighted by Gasteiger charge is -2.30. The maximum Gasteiger partial charge on any atom is 0.387 e. The van der Waals surface area contributed by atoms with Gasteiger partial charge >= 0.3 is 6.61 Å². The number of halogens is 2. The maximum atomic E-state index is 12.5. The van der Waals surface area contributed by atoms with Crippen LogP contribution in [0.25, 0.3) is 11.4 Å². The number of ether oxygens (including phenoxy) is 1. The van der Waals surface area contributed by atoms with Crippen molar-refractivity contribution >= 4 is 0 Å². The predicted molar refractivity (Wildman–Crippen MR) is 132 cm³/mol. The molecule has 1 unspecified atom stereocenters. The molecule has 0 saturated carbocycles. The molecule has 1 aromatic heterocycles. The molecule has 0 aliphatic heterocycles. The van der Waals surface area contributed by atoms with E-state index >= 15 is 0 Å². The van der Waals surface area contributed by atoms with Crippen molar-refractivity contribution in [2.24, 2.45) is 0 Å². The van der Waals surface area contributed by atoms with Gasteiger partial charge in [-0.1, -0.05) is 69.2 Å². The number of aryl methyl sites for hydroxylation is 1. The van der Waals surface area contributed by atoms with Crippen LogP contribution in [-0.2, 0) is 19.5 Å². The lowest BCUT2D eigenvalue weighted by Crippen LogP contribution is -2.30. The first-order chi connectivity index (χ1) is 16.6. The zero-order valence-corrected chi connectivity index (χ0v) is 20.2. The van der Waals surface area contributed by atoms with E-state index in [9.17, 15) is 8.78 Å². The SMILES string of the molecule is CCCCN(Cc1ccc(OC(F)F)cc1)C1CCc2nc(-c3ccccc3)n(CCCC)c21. The minimum absolute atomic E-state index is 0.201. The fourth-order valence-electron chi connectivity index (χ4n) is 4.90. The molecule has 0 spiro atoms. The fraction of sp³-hybridized carbons (Fsp3) is 0.464. The van der Waals surface area contributed by atoms with E-state index in [4.69, 9.17) is 4.98 Å². The molecule has 4 nitrogen and oxygen atoms in total. The van der Waals surface area contributed by atoms with Gasteiger partial charge in [0.25, 0.3) is 0 Å². The van der Waals surface area contributed by atoms with Gasteiger partial charge in [0.15, 0.2) is 0 Å². The molecule has 0 bridgehead atoms. The van der Waals surface area contributed by atoms with Crippen LogP contribution in [0.2, 0.25) is 0 Å². The summed E-state index contributed by atoms with van der Waals surface area (Å²) in [6.07, 6.45) is 6.56. The molecule has 0 fully saturated rings. The van der Waals surface area contributed by atoms with Crippen molar-refractivity contribution in [3.63, 3.8) is 0 Å². The molecule has 4 rings (SSSR count). The van der Waals surface area contributed by atoms with Crippen LogP contribution in [0.3, 0.4) is 0 Å². The molecule has 1 heterocycles. The van der Waals surface area contributed by atoms with Crippen LogP contribution in [0.4, 0.5) is 8.78 Å². The summed E-state index contributed by atoms with van der Waals surface area (Å²) in [4.78, 5) is 7.67. The molecule has 6 heteroatoms. The Morgan fingerprint density at radius 3 is 2.44 bits per heavy atom. The van der Waals surface area contributed by atoms with Gasteiger partial charge in [-0.05, 0) is 49.9 Å². The number of benzene rings is 2. The van der Waals surface area contributed by atoms with Crippen LogP contribution < -0.4 is 4.74 Å². The van der Waals surface area contributed by atoms with E-state index in [0.29, 0.717) is 6.04 Å². The zero-order chi connectivity index (χ0) is 23.9. The Hall–Kier alpha value is -2.73. The lowest BCUT2D eigenvalue weighted by molar-refractivity contribution is -0.0498. The summed E-state index contributed by atoms with van der Waals surface area (Å²) >= 11 is 0. The van der Waals surface area contributed by atoms with E-state index in [1.807, 2.05) is 18.2 Å². The third kappa shape index (κ3) is 5.66. The standard InChI is InChI=1S/C28H35F2N3O/c1-3-5-18-32(20-21-12-14-23(15-13-21)34-28(29)30)25-17-16-24-26(25)33(19-6-4-2)27(31-24)22-10-8-7-9-11-22/h7-15,25,28H,3-6,16-20H2,1-2H3. The van der Waals surface area contributed by atoms with Gasteiger partial charge in [0.1, 0.15) is 11.6 Å². The Labute approximate surface area is 201 Å². The van der Waals surface area contributed by atoms with Crippen molar-refractivity contribution < 1.29 is 13.5 Å². The number of rotatable bonds is 12. The third-order valence-electron chi connectivity index (χ3n) is 6.59. The van der Waals surface area contributed by atoms with Crippen LogP contribution in [0.1, 0.15) is 68.9 Å². The highest BCUT2D eigenvalue weighted by Gasteiger charge is 2.34. The topological polar surface area (TPSA) is 30.3 Å². The van der Waals surface area contributed by atoms with Gasteiger partial charge < -0.3 is 9.30 Å². The second-order valence-electron chi connectivity index (χ2n) is 9.04. The van der Waals surface area contributed by atoms with Crippen LogP contribution in [0, 0.1) is 0 Å². The van der Waals surface area contributed by atoms with Gasteiger partial charge in [-0.15, -0.1) is 0 Å². The average Bonchev–Trinajstić information content (AvgIpc) is 3.41. The van der Waals surface area contributed by atoms with E-state index in [0.717, 1.165) is 69.5 Å². The molecular formula is C28H35F2N3O. The van der Waals surface area contributed by atoms with E-state index < -0.39 is 6.61 Å². The Bertz CT molecular complexity index is 1030. The van der Waals surface area contributed by atoms with E-state index in [-0.39, 0.29) is 5.75 Å². The molecule has 0 amide bonds. The maximum absolute atomic E-state index is 12.5. The summed E-state index contributed by atoms with van der Waals surface area (Å²) in [5, 5.41) is 0. The first kappa shape index (κ1) is 24.4. The molecule has 34 heavy (non-hydrogen) atoms. The van der Waals surface area contributed by atoms with Crippen LogP contribution in [-0.4, -0.2) is 27.6 Å². The summed E-state index contributed by atoms with van der Waals surface area (Å²) in [6.45, 7) is 4.39. The quantitative estimate of drug-likeness (QED) is 0.281. The van der Waals surface area contributed by atoms with Crippen molar-refractivity contribution in [3.8, 4) is 17.1 Å². The molecule has 0 radical (unpaired) electrons. The second kappa shape index (κ2) is 11.6. The minimum atomic E-state index is -2.80. The number of alkyl halides is 2. The molecule has 1 aliphatic rings. The summed E-state index contributed by atoms with van der Waals surface area (Å²) in [7, 11) is 0. The van der Waals surface area contributed by atoms with Crippen LogP contribution in [0.15, 0.2) is 54.6 Å². The molecule has 1 atom stereocenters. The van der Waals surface area contributed by atoms with Crippen molar-refractivity contribution in [2.75, 3.05) is 6.54 Å². The van der Waals surface area contributed by atoms with Gasteiger partial charge in [0.05, 0.1) is 17.4 Å². The summed E-state index contributed by atoms with van der Waals surface area (Å²) < 4.78 is 32.0. The number of hydrogen-bond donors (Lipinski definition) is 0. The smallest absolute Gasteiger partial charge is 0.387 e. The number of imidazole rings is 1. The second-order valence-corrected chi connectivity index (χ2v) is 9.04.